The van der Waals surface area contributed by atoms with Crippen LogP contribution in [0.5, 0.6) is 0 Å². The molecule has 1 aromatic rings. The summed E-state index contributed by atoms with van der Waals surface area (Å²) in [6.45, 7) is 3.74. The largest absolute Gasteiger partial charge is 0.212 e. The lowest BCUT2D eigenvalue weighted by Gasteiger charge is -2.17. The number of hydrogen-bond acceptors (Lipinski definition) is 2. The maximum absolute atomic E-state index is 11.8. The summed E-state index contributed by atoms with van der Waals surface area (Å²) in [7, 11) is -3.27. The molecule has 1 aromatic carbocycles. The van der Waals surface area contributed by atoms with Crippen LogP contribution < -0.4 is 4.72 Å². The lowest BCUT2D eigenvalue weighted by Crippen LogP contribution is -2.33. The van der Waals surface area contributed by atoms with Gasteiger partial charge < -0.3 is 0 Å². The third-order valence-corrected chi connectivity index (χ3v) is 4.29. The average Bonchev–Trinajstić information content (AvgIpc) is 2.25. The number of hydrogen-bond donors (Lipinski definition) is 1. The number of alkyl halides is 1. The van der Waals surface area contributed by atoms with Crippen LogP contribution in [0.1, 0.15) is 25.5 Å². The third kappa shape index (κ3) is 5.06. The fourth-order valence-electron chi connectivity index (χ4n) is 1.58. The summed E-state index contributed by atoms with van der Waals surface area (Å²) >= 11 is 5.82. The van der Waals surface area contributed by atoms with Crippen LogP contribution in [0, 0.1) is 5.92 Å². The monoisotopic (exact) mass is 275 g/mol. The van der Waals surface area contributed by atoms with Crippen molar-refractivity contribution in [2.45, 2.75) is 19.9 Å². The van der Waals surface area contributed by atoms with E-state index in [-0.39, 0.29) is 23.6 Å². The van der Waals surface area contributed by atoms with Crippen molar-refractivity contribution in [1.82, 2.24) is 4.72 Å². The molecule has 0 aromatic heterocycles. The second-order valence-corrected chi connectivity index (χ2v) is 6.52. The molecule has 0 saturated heterocycles. The Kier molecular flexibility index (Phi) is 5.43. The van der Waals surface area contributed by atoms with Gasteiger partial charge in [0.1, 0.15) is 0 Å². The van der Waals surface area contributed by atoms with Crippen LogP contribution >= 0.6 is 11.6 Å². The minimum Gasteiger partial charge on any atom is -0.212 e. The third-order valence-electron chi connectivity index (χ3n) is 2.23. The van der Waals surface area contributed by atoms with Gasteiger partial charge in [0.2, 0.25) is 10.0 Å². The smallest absolute Gasteiger partial charge is 0.212 e. The summed E-state index contributed by atoms with van der Waals surface area (Å²) in [5, 5.41) is 0. The Morgan fingerprint density at radius 3 is 2.29 bits per heavy atom. The molecule has 1 atom stereocenters. The number of nitrogens with one attached hydrogen (secondary N) is 1. The van der Waals surface area contributed by atoms with Crippen molar-refractivity contribution >= 4 is 21.6 Å². The summed E-state index contributed by atoms with van der Waals surface area (Å²) in [6.07, 6.45) is 0. The molecule has 96 valence electrons. The highest BCUT2D eigenvalue weighted by molar-refractivity contribution is 7.89. The molecular weight excluding hydrogens is 258 g/mol. The van der Waals surface area contributed by atoms with E-state index in [4.69, 9.17) is 11.6 Å². The van der Waals surface area contributed by atoms with E-state index in [2.05, 4.69) is 4.72 Å². The van der Waals surface area contributed by atoms with Crippen LogP contribution in [0.4, 0.5) is 0 Å². The standard InChI is InChI=1S/C12H18ClNO2S/c1-10(2)9-17(15,16)14-12(8-13)11-6-4-3-5-7-11/h3-7,10,12,14H,8-9H2,1-2H3. The number of benzene rings is 1. The maximum atomic E-state index is 11.8. The first-order valence-electron chi connectivity index (χ1n) is 5.55. The predicted octanol–water partition coefficient (Wildman–Crippen LogP) is 2.54. The second-order valence-electron chi connectivity index (χ2n) is 4.41. The summed E-state index contributed by atoms with van der Waals surface area (Å²) in [5.41, 5.74) is 0.884. The van der Waals surface area contributed by atoms with Gasteiger partial charge in [-0.25, -0.2) is 13.1 Å². The molecule has 0 heterocycles. The lowest BCUT2D eigenvalue weighted by molar-refractivity contribution is 0.555. The van der Waals surface area contributed by atoms with E-state index in [1.807, 2.05) is 44.2 Å². The van der Waals surface area contributed by atoms with Crippen molar-refractivity contribution in [1.29, 1.82) is 0 Å². The van der Waals surface area contributed by atoms with Gasteiger partial charge in [-0.2, -0.15) is 0 Å². The molecule has 0 radical (unpaired) electrons. The van der Waals surface area contributed by atoms with Crippen LogP contribution in [-0.4, -0.2) is 20.1 Å². The highest BCUT2D eigenvalue weighted by Crippen LogP contribution is 2.15. The van der Waals surface area contributed by atoms with E-state index in [9.17, 15) is 8.42 Å². The minimum atomic E-state index is -3.27. The predicted molar refractivity (Wildman–Crippen MR) is 71.7 cm³/mol. The van der Waals surface area contributed by atoms with Gasteiger partial charge in [-0.1, -0.05) is 44.2 Å². The quantitative estimate of drug-likeness (QED) is 0.811. The van der Waals surface area contributed by atoms with E-state index in [1.54, 1.807) is 0 Å². The molecule has 5 heteroatoms. The Hall–Kier alpha value is -0.580. The van der Waals surface area contributed by atoms with Crippen molar-refractivity contribution < 1.29 is 8.42 Å². The molecule has 0 aliphatic rings. The number of rotatable bonds is 6. The zero-order valence-corrected chi connectivity index (χ0v) is 11.6. The zero-order valence-electron chi connectivity index (χ0n) is 10.1. The molecule has 0 aliphatic heterocycles. The van der Waals surface area contributed by atoms with Crippen molar-refractivity contribution in [3.8, 4) is 0 Å². The molecule has 3 nitrogen and oxygen atoms in total. The normalized spacial score (nSPS) is 13.9. The first-order valence-corrected chi connectivity index (χ1v) is 7.74. The molecule has 17 heavy (non-hydrogen) atoms. The van der Waals surface area contributed by atoms with E-state index in [0.29, 0.717) is 0 Å². The first kappa shape index (κ1) is 14.5. The highest BCUT2D eigenvalue weighted by Gasteiger charge is 2.19. The Labute approximate surface area is 108 Å². The van der Waals surface area contributed by atoms with Gasteiger partial charge in [0.05, 0.1) is 11.8 Å². The molecule has 0 bridgehead atoms. The summed E-state index contributed by atoms with van der Waals surface area (Å²) in [4.78, 5) is 0. The molecule has 0 saturated carbocycles. The van der Waals surface area contributed by atoms with Crippen LogP contribution in [0.25, 0.3) is 0 Å². The molecule has 1 rings (SSSR count). The summed E-state index contributed by atoms with van der Waals surface area (Å²) < 4.78 is 26.3. The molecule has 1 unspecified atom stereocenters. The Morgan fingerprint density at radius 2 is 1.82 bits per heavy atom. The molecule has 0 fully saturated rings. The fourth-order valence-corrected chi connectivity index (χ4v) is 3.55. The van der Waals surface area contributed by atoms with Gasteiger partial charge in [-0.3, -0.25) is 0 Å². The van der Waals surface area contributed by atoms with Gasteiger partial charge in [-0.05, 0) is 11.5 Å². The molecule has 0 amide bonds. The Bertz CT molecular complexity index is 431. The van der Waals surface area contributed by atoms with E-state index >= 15 is 0 Å². The number of sulfonamides is 1. The van der Waals surface area contributed by atoms with Gasteiger partial charge in [0.25, 0.3) is 0 Å². The van der Waals surface area contributed by atoms with Crippen molar-refractivity contribution in [3.63, 3.8) is 0 Å². The van der Waals surface area contributed by atoms with Gasteiger partial charge >= 0.3 is 0 Å². The first-order chi connectivity index (χ1) is 7.94. The summed E-state index contributed by atoms with van der Waals surface area (Å²) in [6, 6.07) is 8.99. The van der Waals surface area contributed by atoms with Crippen molar-refractivity contribution in [2.24, 2.45) is 5.92 Å². The molecular formula is C12H18ClNO2S. The highest BCUT2D eigenvalue weighted by atomic mass is 35.5. The topological polar surface area (TPSA) is 46.2 Å². The average molecular weight is 276 g/mol. The SMILES string of the molecule is CC(C)CS(=O)(=O)NC(CCl)c1ccccc1. The molecule has 0 spiro atoms. The minimum absolute atomic E-state index is 0.0965. The van der Waals surface area contributed by atoms with Crippen LogP contribution in [0.3, 0.4) is 0 Å². The molecule has 1 N–H and O–H groups in total. The Morgan fingerprint density at radius 1 is 1.24 bits per heavy atom. The fraction of sp³-hybridized carbons (Fsp3) is 0.500. The van der Waals surface area contributed by atoms with Gasteiger partial charge in [-0.15, -0.1) is 11.6 Å². The number of halogens is 1. The zero-order chi connectivity index (χ0) is 12.9. The van der Waals surface area contributed by atoms with E-state index in [0.717, 1.165) is 5.56 Å². The Balaban J connectivity index is 2.78. The van der Waals surface area contributed by atoms with E-state index in [1.165, 1.54) is 0 Å². The van der Waals surface area contributed by atoms with Crippen LogP contribution in [-0.2, 0) is 10.0 Å². The summed E-state index contributed by atoms with van der Waals surface area (Å²) in [5.74, 6) is 0.438. The van der Waals surface area contributed by atoms with Crippen molar-refractivity contribution in [3.05, 3.63) is 35.9 Å². The van der Waals surface area contributed by atoms with Crippen LogP contribution in [0.15, 0.2) is 30.3 Å². The second kappa shape index (κ2) is 6.38. The van der Waals surface area contributed by atoms with E-state index < -0.39 is 10.0 Å². The van der Waals surface area contributed by atoms with Crippen LogP contribution in [0.2, 0.25) is 0 Å². The van der Waals surface area contributed by atoms with Gasteiger partial charge in [0, 0.05) is 5.88 Å². The molecule has 0 aliphatic carbocycles. The van der Waals surface area contributed by atoms with Gasteiger partial charge in [0.15, 0.2) is 0 Å². The van der Waals surface area contributed by atoms with Crippen molar-refractivity contribution in [2.75, 3.05) is 11.6 Å². The maximum Gasteiger partial charge on any atom is 0.212 e. The lowest BCUT2D eigenvalue weighted by atomic mass is 10.1.